The summed E-state index contributed by atoms with van der Waals surface area (Å²) in [7, 11) is 0. The lowest BCUT2D eigenvalue weighted by molar-refractivity contribution is -0.384. The Labute approximate surface area is 189 Å². The molecule has 2 aromatic carbocycles. The van der Waals surface area contributed by atoms with E-state index in [0.717, 1.165) is 9.86 Å². The minimum absolute atomic E-state index is 0.0120. The molecular weight excluding hydrogens is 540 g/mol. The molecule has 0 saturated carbocycles. The topological polar surface area (TPSA) is 111 Å². The van der Waals surface area contributed by atoms with E-state index < -0.39 is 10.5 Å². The molecule has 30 heavy (non-hydrogen) atoms. The van der Waals surface area contributed by atoms with E-state index in [4.69, 9.17) is 4.42 Å². The molecule has 11 heteroatoms. The van der Waals surface area contributed by atoms with Gasteiger partial charge in [0, 0.05) is 27.4 Å². The number of rotatable bonds is 5. The molecule has 0 unspecified atom stereocenters. The molecule has 8 nitrogen and oxygen atoms in total. The molecule has 0 amide bonds. The number of halogens is 2. The Hall–Kier alpha value is -2.89. The van der Waals surface area contributed by atoms with Gasteiger partial charge < -0.3 is 4.42 Å². The van der Waals surface area contributed by atoms with Crippen LogP contribution < -0.4 is 11.1 Å². The summed E-state index contributed by atoms with van der Waals surface area (Å²) in [6, 6.07) is 11.4. The summed E-state index contributed by atoms with van der Waals surface area (Å²) in [4.78, 5) is 27.0. The van der Waals surface area contributed by atoms with Gasteiger partial charge in [0.2, 0.25) is 5.13 Å². The lowest BCUT2D eigenvalue weighted by atomic mass is 10.1. The molecule has 150 valence electrons. The number of nitrogens with zero attached hydrogens (tertiary/aromatic N) is 3. The van der Waals surface area contributed by atoms with Gasteiger partial charge in [-0.25, -0.2) is 9.78 Å². The van der Waals surface area contributed by atoms with Gasteiger partial charge in [-0.05, 0) is 51.8 Å². The maximum absolute atomic E-state index is 12.4. The maximum atomic E-state index is 12.4. The Morgan fingerprint density at radius 1 is 1.20 bits per heavy atom. The number of aromatic nitrogens is 1. The first-order valence-corrected chi connectivity index (χ1v) is 10.8. The van der Waals surface area contributed by atoms with Crippen LogP contribution in [-0.4, -0.2) is 16.1 Å². The summed E-state index contributed by atoms with van der Waals surface area (Å²) in [5.41, 5.74) is 4.29. The molecule has 2 heterocycles. The van der Waals surface area contributed by atoms with Crippen LogP contribution in [0.15, 0.2) is 71.1 Å². The predicted octanol–water partition coefficient (Wildman–Crippen LogP) is 5.80. The van der Waals surface area contributed by atoms with Gasteiger partial charge >= 0.3 is 5.63 Å². The van der Waals surface area contributed by atoms with Crippen LogP contribution in [0.2, 0.25) is 0 Å². The number of fused-ring (bicyclic) bond motifs is 1. The quantitative estimate of drug-likeness (QED) is 0.146. The van der Waals surface area contributed by atoms with E-state index in [1.807, 2.05) is 6.07 Å². The van der Waals surface area contributed by atoms with Crippen molar-refractivity contribution in [3.63, 3.8) is 0 Å². The maximum Gasteiger partial charge on any atom is 0.345 e. The number of non-ortho nitro benzene ring substituents is 1. The third-order valence-electron chi connectivity index (χ3n) is 4.01. The summed E-state index contributed by atoms with van der Waals surface area (Å²) in [5.74, 6) is 0. The van der Waals surface area contributed by atoms with Gasteiger partial charge in [0.15, 0.2) is 5.58 Å². The largest absolute Gasteiger partial charge is 0.421 e. The summed E-state index contributed by atoms with van der Waals surface area (Å²) in [6.07, 6.45) is 1.52. The summed E-state index contributed by atoms with van der Waals surface area (Å²) >= 11 is 8.09. The third kappa shape index (κ3) is 4.32. The Balaban J connectivity index is 1.55. The first-order valence-electron chi connectivity index (χ1n) is 8.33. The molecule has 4 rings (SSSR count). The van der Waals surface area contributed by atoms with E-state index in [9.17, 15) is 14.9 Å². The van der Waals surface area contributed by atoms with Crippen LogP contribution in [0, 0.1) is 10.1 Å². The van der Waals surface area contributed by atoms with Gasteiger partial charge in [-0.15, -0.1) is 11.3 Å². The van der Waals surface area contributed by atoms with Crippen molar-refractivity contribution in [1.29, 1.82) is 0 Å². The molecule has 0 saturated heterocycles. The number of nitrogens with one attached hydrogen (secondary N) is 1. The minimum Gasteiger partial charge on any atom is -0.421 e. The van der Waals surface area contributed by atoms with Crippen LogP contribution in [0.5, 0.6) is 0 Å². The molecule has 0 fully saturated rings. The summed E-state index contributed by atoms with van der Waals surface area (Å²) in [5, 5.41) is 17.7. The molecule has 2 aromatic heterocycles. The predicted molar refractivity (Wildman–Crippen MR) is 123 cm³/mol. The van der Waals surface area contributed by atoms with Gasteiger partial charge in [-0.1, -0.05) is 15.9 Å². The van der Waals surface area contributed by atoms with Crippen molar-refractivity contribution in [1.82, 2.24) is 4.98 Å². The van der Waals surface area contributed by atoms with Crippen molar-refractivity contribution in [2.45, 2.75) is 0 Å². The highest BCUT2D eigenvalue weighted by Gasteiger charge is 2.13. The number of anilines is 1. The van der Waals surface area contributed by atoms with Crippen molar-refractivity contribution in [2.24, 2.45) is 5.10 Å². The Kier molecular flexibility index (Phi) is 5.75. The van der Waals surface area contributed by atoms with Crippen LogP contribution in [0.25, 0.3) is 22.2 Å². The molecule has 0 radical (unpaired) electrons. The molecule has 0 spiro atoms. The number of thiazole rings is 1. The van der Waals surface area contributed by atoms with Crippen LogP contribution in [0.4, 0.5) is 10.8 Å². The second-order valence-corrected chi connectivity index (χ2v) is 8.64. The molecule has 0 aliphatic heterocycles. The molecule has 0 aliphatic carbocycles. The monoisotopic (exact) mass is 548 g/mol. The highest BCUT2D eigenvalue weighted by Crippen LogP contribution is 2.31. The Morgan fingerprint density at radius 3 is 2.70 bits per heavy atom. The average molecular weight is 550 g/mol. The SMILES string of the molecule is O=c1oc2c(Br)cc(Br)cc2cc1-c1csc(N/N=C\c2ccc([N+](=O)[O-])cc2)n1. The zero-order chi connectivity index (χ0) is 21.3. The van der Waals surface area contributed by atoms with Gasteiger partial charge in [-0.2, -0.15) is 5.10 Å². The first-order chi connectivity index (χ1) is 14.4. The van der Waals surface area contributed by atoms with Gasteiger partial charge in [0.05, 0.1) is 26.9 Å². The summed E-state index contributed by atoms with van der Waals surface area (Å²) < 4.78 is 6.98. The Morgan fingerprint density at radius 2 is 1.97 bits per heavy atom. The van der Waals surface area contributed by atoms with E-state index in [1.54, 1.807) is 29.6 Å². The van der Waals surface area contributed by atoms with E-state index in [0.29, 0.717) is 32.0 Å². The van der Waals surface area contributed by atoms with E-state index in [-0.39, 0.29) is 5.69 Å². The fourth-order valence-corrected chi connectivity index (χ4v) is 4.63. The van der Waals surface area contributed by atoms with Crippen molar-refractivity contribution in [2.75, 3.05) is 5.43 Å². The number of hydrogen-bond donors (Lipinski definition) is 1. The van der Waals surface area contributed by atoms with Crippen molar-refractivity contribution in [3.05, 3.63) is 82.9 Å². The van der Waals surface area contributed by atoms with Gasteiger partial charge in [0.1, 0.15) is 0 Å². The number of hydrazone groups is 1. The number of nitro groups is 1. The number of benzene rings is 2. The second kappa shape index (κ2) is 8.46. The number of nitro benzene ring substituents is 1. The van der Waals surface area contributed by atoms with Crippen LogP contribution in [-0.2, 0) is 0 Å². The average Bonchev–Trinajstić information content (AvgIpc) is 3.17. The molecule has 0 aliphatic rings. The molecule has 1 N–H and O–H groups in total. The number of hydrogen-bond acceptors (Lipinski definition) is 8. The van der Waals surface area contributed by atoms with Gasteiger partial charge in [-0.3, -0.25) is 15.5 Å². The zero-order valence-corrected chi connectivity index (χ0v) is 18.8. The fourth-order valence-electron chi connectivity index (χ4n) is 2.63. The normalized spacial score (nSPS) is 11.3. The zero-order valence-electron chi connectivity index (χ0n) is 14.8. The third-order valence-corrected chi connectivity index (χ3v) is 5.80. The fraction of sp³-hybridized carbons (Fsp3) is 0. The van der Waals surface area contributed by atoms with Crippen molar-refractivity contribution < 1.29 is 9.34 Å². The van der Waals surface area contributed by atoms with Crippen LogP contribution in [0.1, 0.15) is 5.56 Å². The highest BCUT2D eigenvalue weighted by atomic mass is 79.9. The smallest absolute Gasteiger partial charge is 0.345 e. The van der Waals surface area contributed by atoms with E-state index >= 15 is 0 Å². The molecule has 0 bridgehead atoms. The molecule has 0 atom stereocenters. The van der Waals surface area contributed by atoms with Crippen LogP contribution in [0.3, 0.4) is 0 Å². The second-order valence-electron chi connectivity index (χ2n) is 6.01. The first kappa shape index (κ1) is 20.4. The van der Waals surface area contributed by atoms with Crippen molar-refractivity contribution >= 4 is 71.2 Å². The van der Waals surface area contributed by atoms with E-state index in [1.165, 1.54) is 29.7 Å². The van der Waals surface area contributed by atoms with Crippen LogP contribution >= 0.6 is 43.2 Å². The standard InChI is InChI=1S/C19H10Br2N4O4S/c20-12-5-11-6-14(18(26)29-17(11)15(21)7-12)16-9-30-19(23-16)24-22-8-10-1-3-13(4-2-10)25(27)28/h1-9H,(H,23,24)/b22-8-. The molecular formula is C19H10Br2N4O4S. The minimum atomic E-state index is -0.489. The lowest BCUT2D eigenvalue weighted by Crippen LogP contribution is -2.03. The lowest BCUT2D eigenvalue weighted by Gasteiger charge is -2.03. The van der Waals surface area contributed by atoms with Gasteiger partial charge in [0.25, 0.3) is 5.69 Å². The highest BCUT2D eigenvalue weighted by molar-refractivity contribution is 9.11. The Bertz CT molecular complexity index is 1350. The summed E-state index contributed by atoms with van der Waals surface area (Å²) in [6.45, 7) is 0. The molecule has 4 aromatic rings. The van der Waals surface area contributed by atoms with E-state index in [2.05, 4.69) is 47.4 Å². The van der Waals surface area contributed by atoms with Crippen molar-refractivity contribution in [3.8, 4) is 11.3 Å².